The topological polar surface area (TPSA) is 84.9 Å². The van der Waals surface area contributed by atoms with Gasteiger partial charge in [0.2, 0.25) is 0 Å². The van der Waals surface area contributed by atoms with E-state index >= 15 is 0 Å². The Morgan fingerprint density at radius 3 is 2.28 bits per heavy atom. The highest BCUT2D eigenvalue weighted by atomic mass is 16.5. The number of aliphatic carboxylic acids is 1. The quantitative estimate of drug-likeness (QED) is 0.807. The fourth-order valence-electron chi connectivity index (χ4n) is 2.67. The van der Waals surface area contributed by atoms with Crippen molar-refractivity contribution in [1.82, 2.24) is 5.32 Å². The van der Waals surface area contributed by atoms with Crippen LogP contribution >= 0.6 is 0 Å². The third kappa shape index (κ3) is 3.57. The SMILES string of the molecule is CCC(NC(=O)c1cc(OC)ccc1OC)(C(=O)O)c1ccccc1. The van der Waals surface area contributed by atoms with Crippen LogP contribution in [0.3, 0.4) is 0 Å². The first-order valence-corrected chi connectivity index (χ1v) is 7.82. The van der Waals surface area contributed by atoms with Crippen molar-refractivity contribution in [2.45, 2.75) is 18.9 Å². The smallest absolute Gasteiger partial charge is 0.334 e. The summed E-state index contributed by atoms with van der Waals surface area (Å²) in [5.41, 5.74) is -0.830. The number of carboxylic acids is 1. The zero-order chi connectivity index (χ0) is 18.4. The van der Waals surface area contributed by atoms with Crippen molar-refractivity contribution in [2.75, 3.05) is 14.2 Å². The van der Waals surface area contributed by atoms with Crippen molar-refractivity contribution in [1.29, 1.82) is 0 Å². The standard InChI is InChI=1S/C19H21NO5/c1-4-19(18(22)23,13-8-6-5-7-9-13)20-17(21)15-12-14(24-2)10-11-16(15)25-3/h5-12H,4H2,1-3H3,(H,20,21)(H,22,23). The molecule has 0 saturated carbocycles. The van der Waals surface area contributed by atoms with Gasteiger partial charge in [-0.3, -0.25) is 4.79 Å². The molecule has 6 heteroatoms. The molecular formula is C19H21NO5. The minimum Gasteiger partial charge on any atom is -0.497 e. The maximum absolute atomic E-state index is 12.8. The van der Waals surface area contributed by atoms with Crippen LogP contribution in [-0.4, -0.2) is 31.2 Å². The van der Waals surface area contributed by atoms with E-state index < -0.39 is 17.4 Å². The van der Waals surface area contributed by atoms with Gasteiger partial charge in [0.25, 0.3) is 5.91 Å². The highest BCUT2D eigenvalue weighted by Crippen LogP contribution is 2.29. The molecule has 1 atom stereocenters. The highest BCUT2D eigenvalue weighted by Gasteiger charge is 2.40. The van der Waals surface area contributed by atoms with E-state index in [1.807, 2.05) is 0 Å². The lowest BCUT2D eigenvalue weighted by Gasteiger charge is -2.30. The molecule has 0 aliphatic heterocycles. The third-order valence-corrected chi connectivity index (χ3v) is 4.14. The van der Waals surface area contributed by atoms with Crippen LogP contribution < -0.4 is 14.8 Å². The maximum atomic E-state index is 12.8. The second-order valence-corrected chi connectivity index (χ2v) is 5.45. The van der Waals surface area contributed by atoms with Gasteiger partial charge in [0.1, 0.15) is 11.5 Å². The number of methoxy groups -OCH3 is 2. The predicted octanol–water partition coefficient (Wildman–Crippen LogP) is 2.82. The highest BCUT2D eigenvalue weighted by molar-refractivity contribution is 6.00. The van der Waals surface area contributed by atoms with Gasteiger partial charge < -0.3 is 19.9 Å². The first-order chi connectivity index (χ1) is 12.0. The largest absolute Gasteiger partial charge is 0.497 e. The Balaban J connectivity index is 2.47. The molecule has 2 aromatic rings. The lowest BCUT2D eigenvalue weighted by atomic mass is 9.86. The summed E-state index contributed by atoms with van der Waals surface area (Å²) < 4.78 is 10.4. The van der Waals surface area contributed by atoms with Gasteiger partial charge in [-0.25, -0.2) is 4.79 Å². The van der Waals surface area contributed by atoms with Crippen LogP contribution in [0.2, 0.25) is 0 Å². The van der Waals surface area contributed by atoms with Gasteiger partial charge in [0.05, 0.1) is 19.8 Å². The van der Waals surface area contributed by atoms with E-state index in [4.69, 9.17) is 9.47 Å². The number of benzene rings is 2. The first-order valence-electron chi connectivity index (χ1n) is 7.82. The minimum absolute atomic E-state index is 0.185. The zero-order valence-electron chi connectivity index (χ0n) is 14.4. The Morgan fingerprint density at radius 1 is 1.08 bits per heavy atom. The van der Waals surface area contributed by atoms with E-state index in [0.29, 0.717) is 17.1 Å². The summed E-state index contributed by atoms with van der Waals surface area (Å²) in [5, 5.41) is 12.5. The summed E-state index contributed by atoms with van der Waals surface area (Å²) in [4.78, 5) is 24.9. The Hall–Kier alpha value is -3.02. The number of nitrogens with one attached hydrogen (secondary N) is 1. The Bertz CT molecular complexity index is 760. The molecule has 1 amide bonds. The van der Waals surface area contributed by atoms with Gasteiger partial charge in [-0.2, -0.15) is 0 Å². The van der Waals surface area contributed by atoms with Crippen LogP contribution in [0.5, 0.6) is 11.5 Å². The fraction of sp³-hybridized carbons (Fsp3) is 0.263. The normalized spacial score (nSPS) is 12.8. The molecule has 2 N–H and O–H groups in total. The van der Waals surface area contributed by atoms with E-state index in [1.54, 1.807) is 49.4 Å². The van der Waals surface area contributed by atoms with Crippen molar-refractivity contribution in [2.24, 2.45) is 0 Å². The molecule has 132 valence electrons. The van der Waals surface area contributed by atoms with Crippen molar-refractivity contribution < 1.29 is 24.2 Å². The fourth-order valence-corrected chi connectivity index (χ4v) is 2.67. The number of hydrogen-bond donors (Lipinski definition) is 2. The second-order valence-electron chi connectivity index (χ2n) is 5.45. The summed E-state index contributed by atoms with van der Waals surface area (Å²) in [6.45, 7) is 1.71. The molecule has 0 bridgehead atoms. The number of carboxylic acid groups (broad SMARTS) is 1. The van der Waals surface area contributed by atoms with Gasteiger partial charge >= 0.3 is 5.97 Å². The van der Waals surface area contributed by atoms with Crippen molar-refractivity contribution in [3.05, 3.63) is 59.7 Å². The molecule has 0 fully saturated rings. The molecule has 0 aromatic heterocycles. The number of amides is 1. The second kappa shape index (κ2) is 7.70. The van der Waals surface area contributed by atoms with Crippen molar-refractivity contribution in [3.63, 3.8) is 0 Å². The van der Waals surface area contributed by atoms with Crippen LogP contribution in [0.15, 0.2) is 48.5 Å². The van der Waals surface area contributed by atoms with Gasteiger partial charge in [0.15, 0.2) is 5.54 Å². The van der Waals surface area contributed by atoms with Gasteiger partial charge in [-0.15, -0.1) is 0 Å². The van der Waals surface area contributed by atoms with Crippen molar-refractivity contribution in [3.8, 4) is 11.5 Å². The average Bonchev–Trinajstić information content (AvgIpc) is 2.65. The molecule has 0 aliphatic carbocycles. The summed E-state index contributed by atoms with van der Waals surface area (Å²) in [6, 6.07) is 13.4. The molecule has 0 radical (unpaired) electrons. The number of rotatable bonds is 7. The number of carbonyl (C=O) groups is 2. The minimum atomic E-state index is -1.54. The monoisotopic (exact) mass is 343 g/mol. The molecule has 0 heterocycles. The van der Waals surface area contributed by atoms with E-state index in [2.05, 4.69) is 5.32 Å². The lowest BCUT2D eigenvalue weighted by molar-refractivity contribution is -0.145. The summed E-state index contributed by atoms with van der Waals surface area (Å²) in [5.74, 6) is -0.870. The summed E-state index contributed by atoms with van der Waals surface area (Å²) >= 11 is 0. The van der Waals surface area contributed by atoms with E-state index in [-0.39, 0.29) is 12.0 Å². The van der Waals surface area contributed by atoms with Crippen LogP contribution in [0.25, 0.3) is 0 Å². The van der Waals surface area contributed by atoms with Crippen LogP contribution in [0, 0.1) is 0 Å². The van der Waals surface area contributed by atoms with Gasteiger partial charge in [-0.05, 0) is 30.2 Å². The summed E-state index contributed by atoms with van der Waals surface area (Å²) in [6.07, 6.45) is 0.185. The molecular weight excluding hydrogens is 322 g/mol. The lowest BCUT2D eigenvalue weighted by Crippen LogP contribution is -2.51. The van der Waals surface area contributed by atoms with Gasteiger partial charge in [-0.1, -0.05) is 37.3 Å². The molecule has 0 spiro atoms. The Labute approximate surface area is 146 Å². The number of carbonyl (C=O) groups excluding carboxylic acids is 1. The van der Waals surface area contributed by atoms with Crippen molar-refractivity contribution >= 4 is 11.9 Å². The van der Waals surface area contributed by atoms with Crippen LogP contribution in [0.1, 0.15) is 29.3 Å². The Kier molecular flexibility index (Phi) is 5.64. The molecule has 2 aromatic carbocycles. The maximum Gasteiger partial charge on any atom is 0.334 e. The molecule has 6 nitrogen and oxygen atoms in total. The first kappa shape index (κ1) is 18.3. The molecule has 0 aliphatic rings. The van der Waals surface area contributed by atoms with Crippen LogP contribution in [0.4, 0.5) is 0 Å². The van der Waals surface area contributed by atoms with Gasteiger partial charge in [0, 0.05) is 0 Å². The van der Waals surface area contributed by atoms with E-state index in [1.165, 1.54) is 20.3 Å². The molecule has 0 saturated heterocycles. The number of ether oxygens (including phenoxy) is 2. The van der Waals surface area contributed by atoms with E-state index in [0.717, 1.165) is 0 Å². The van der Waals surface area contributed by atoms with E-state index in [9.17, 15) is 14.7 Å². The Morgan fingerprint density at radius 2 is 1.76 bits per heavy atom. The average molecular weight is 343 g/mol. The third-order valence-electron chi connectivity index (χ3n) is 4.14. The zero-order valence-corrected chi connectivity index (χ0v) is 14.4. The predicted molar refractivity (Wildman–Crippen MR) is 93.1 cm³/mol. The molecule has 25 heavy (non-hydrogen) atoms. The summed E-state index contributed by atoms with van der Waals surface area (Å²) in [7, 11) is 2.93. The molecule has 2 rings (SSSR count). The molecule has 1 unspecified atom stereocenters. The number of hydrogen-bond acceptors (Lipinski definition) is 4. The van der Waals surface area contributed by atoms with Crippen LogP contribution in [-0.2, 0) is 10.3 Å².